The number of nitrogens with one attached hydrogen (secondary N) is 1. The van der Waals surface area contributed by atoms with Crippen LogP contribution in [0.3, 0.4) is 0 Å². The Labute approximate surface area is 105 Å². The summed E-state index contributed by atoms with van der Waals surface area (Å²) in [5.41, 5.74) is -0.324. The van der Waals surface area contributed by atoms with Crippen LogP contribution in [0.4, 0.5) is 4.39 Å². The minimum atomic E-state index is -0.824. The van der Waals surface area contributed by atoms with Crippen molar-refractivity contribution < 1.29 is 14.2 Å². The van der Waals surface area contributed by atoms with Gasteiger partial charge in [-0.3, -0.25) is 0 Å². The monoisotopic (exact) mass is 259 g/mol. The van der Waals surface area contributed by atoms with Crippen LogP contribution in [-0.4, -0.2) is 30.5 Å². The fourth-order valence-corrected chi connectivity index (χ4v) is 2.04. The number of hydrogen-bond acceptors (Lipinski definition) is 3. The zero-order valence-electron chi connectivity index (χ0n) is 9.38. The smallest absolute Gasteiger partial charge is 0.127 e. The van der Waals surface area contributed by atoms with Crippen LogP contribution in [0.1, 0.15) is 12.0 Å². The van der Waals surface area contributed by atoms with Crippen LogP contribution >= 0.6 is 11.6 Å². The Balaban J connectivity index is 1.87. The molecular weight excluding hydrogens is 245 g/mol. The third-order valence-electron chi connectivity index (χ3n) is 2.86. The first-order valence-electron chi connectivity index (χ1n) is 5.54. The molecule has 2 rings (SSSR count). The maximum atomic E-state index is 13.4. The molecule has 0 aliphatic carbocycles. The third-order valence-corrected chi connectivity index (χ3v) is 3.09. The summed E-state index contributed by atoms with van der Waals surface area (Å²) in [5.74, 6) is -0.295. The Morgan fingerprint density at radius 2 is 2.35 bits per heavy atom. The first-order chi connectivity index (χ1) is 8.09. The van der Waals surface area contributed by atoms with Crippen molar-refractivity contribution >= 4 is 11.6 Å². The van der Waals surface area contributed by atoms with Crippen LogP contribution in [0.25, 0.3) is 0 Å². The first kappa shape index (κ1) is 12.8. The Bertz CT molecular complexity index is 394. The zero-order valence-corrected chi connectivity index (χ0v) is 10.1. The van der Waals surface area contributed by atoms with E-state index in [1.54, 1.807) is 6.07 Å². The molecule has 94 valence electrons. The highest BCUT2D eigenvalue weighted by Crippen LogP contribution is 2.18. The maximum absolute atomic E-state index is 13.4. The summed E-state index contributed by atoms with van der Waals surface area (Å²) in [7, 11) is 0. The van der Waals surface area contributed by atoms with E-state index in [4.69, 9.17) is 16.3 Å². The number of ether oxygens (including phenoxy) is 1. The van der Waals surface area contributed by atoms with Crippen LogP contribution in [0, 0.1) is 5.82 Å². The average molecular weight is 260 g/mol. The molecule has 1 atom stereocenters. The van der Waals surface area contributed by atoms with Crippen molar-refractivity contribution in [2.24, 2.45) is 0 Å². The quantitative estimate of drug-likeness (QED) is 0.865. The van der Waals surface area contributed by atoms with Crippen molar-refractivity contribution in [3.8, 4) is 0 Å². The van der Waals surface area contributed by atoms with E-state index in [9.17, 15) is 9.50 Å². The van der Waals surface area contributed by atoms with Crippen molar-refractivity contribution in [3.05, 3.63) is 34.6 Å². The Hall–Kier alpha value is -0.680. The number of hydrogen-bond donors (Lipinski definition) is 2. The van der Waals surface area contributed by atoms with Crippen LogP contribution in [-0.2, 0) is 11.3 Å². The van der Waals surface area contributed by atoms with Crippen LogP contribution in [0.5, 0.6) is 0 Å². The standard InChI is InChI=1S/C12H15ClFNO2/c13-10-1-2-11(14)9(5-10)6-15-7-12(16)3-4-17-8-12/h1-2,5,15-16H,3-4,6-8H2. The van der Waals surface area contributed by atoms with E-state index in [1.807, 2.05) is 0 Å². The Morgan fingerprint density at radius 3 is 3.06 bits per heavy atom. The van der Waals surface area contributed by atoms with Gasteiger partial charge in [0, 0.05) is 36.7 Å². The Morgan fingerprint density at radius 1 is 1.53 bits per heavy atom. The molecule has 1 aliphatic rings. The van der Waals surface area contributed by atoms with Gasteiger partial charge in [-0.2, -0.15) is 0 Å². The van der Waals surface area contributed by atoms with Gasteiger partial charge in [-0.25, -0.2) is 4.39 Å². The fraction of sp³-hybridized carbons (Fsp3) is 0.500. The molecule has 1 aromatic carbocycles. The van der Waals surface area contributed by atoms with E-state index >= 15 is 0 Å². The van der Waals surface area contributed by atoms with Gasteiger partial charge >= 0.3 is 0 Å². The topological polar surface area (TPSA) is 41.5 Å². The van der Waals surface area contributed by atoms with E-state index in [-0.39, 0.29) is 5.82 Å². The van der Waals surface area contributed by atoms with Gasteiger partial charge in [0.05, 0.1) is 6.61 Å². The largest absolute Gasteiger partial charge is 0.386 e. The minimum Gasteiger partial charge on any atom is -0.386 e. The summed E-state index contributed by atoms with van der Waals surface area (Å²) in [6.07, 6.45) is 0.609. The van der Waals surface area contributed by atoms with Crippen molar-refractivity contribution in [2.45, 2.75) is 18.6 Å². The Kier molecular flexibility index (Phi) is 3.99. The summed E-state index contributed by atoms with van der Waals surface area (Å²) in [6, 6.07) is 4.44. The minimum absolute atomic E-state index is 0.295. The molecule has 0 aromatic heterocycles. The molecule has 17 heavy (non-hydrogen) atoms. The molecule has 1 saturated heterocycles. The second-order valence-electron chi connectivity index (χ2n) is 4.37. The highest BCUT2D eigenvalue weighted by molar-refractivity contribution is 6.30. The first-order valence-corrected chi connectivity index (χ1v) is 5.92. The molecule has 1 aliphatic heterocycles. The predicted molar refractivity (Wildman–Crippen MR) is 63.5 cm³/mol. The lowest BCUT2D eigenvalue weighted by atomic mass is 10.0. The number of aliphatic hydroxyl groups is 1. The van der Waals surface area contributed by atoms with Gasteiger partial charge in [0.15, 0.2) is 0 Å². The highest BCUT2D eigenvalue weighted by atomic mass is 35.5. The lowest BCUT2D eigenvalue weighted by Gasteiger charge is -2.20. The lowest BCUT2D eigenvalue weighted by molar-refractivity contribution is 0.0268. The molecule has 1 unspecified atom stereocenters. The van der Waals surface area contributed by atoms with Crippen molar-refractivity contribution in [1.82, 2.24) is 5.32 Å². The van der Waals surface area contributed by atoms with E-state index in [1.165, 1.54) is 12.1 Å². The third kappa shape index (κ3) is 3.39. The van der Waals surface area contributed by atoms with Crippen LogP contribution in [0.15, 0.2) is 18.2 Å². The normalized spacial score (nSPS) is 24.2. The molecule has 1 aromatic rings. The van der Waals surface area contributed by atoms with Crippen molar-refractivity contribution in [1.29, 1.82) is 0 Å². The molecule has 0 spiro atoms. The lowest BCUT2D eigenvalue weighted by Crippen LogP contribution is -2.40. The second-order valence-corrected chi connectivity index (χ2v) is 4.80. The van der Waals surface area contributed by atoms with Gasteiger partial charge in [-0.15, -0.1) is 0 Å². The van der Waals surface area contributed by atoms with Gasteiger partial charge in [-0.05, 0) is 18.2 Å². The molecule has 2 N–H and O–H groups in total. The predicted octanol–water partition coefficient (Wildman–Crippen LogP) is 1.72. The van der Waals surface area contributed by atoms with Gasteiger partial charge in [0.2, 0.25) is 0 Å². The van der Waals surface area contributed by atoms with Crippen molar-refractivity contribution in [2.75, 3.05) is 19.8 Å². The SMILES string of the molecule is OC1(CNCc2cc(Cl)ccc2F)CCOC1. The van der Waals surface area contributed by atoms with Gasteiger partial charge in [-0.1, -0.05) is 11.6 Å². The van der Waals surface area contributed by atoms with E-state index in [2.05, 4.69) is 5.32 Å². The molecule has 1 heterocycles. The van der Waals surface area contributed by atoms with Gasteiger partial charge < -0.3 is 15.2 Å². The van der Waals surface area contributed by atoms with E-state index in [0.29, 0.717) is 43.3 Å². The summed E-state index contributed by atoms with van der Waals surface area (Å²) >= 11 is 5.79. The maximum Gasteiger partial charge on any atom is 0.127 e. The van der Waals surface area contributed by atoms with Crippen LogP contribution in [0.2, 0.25) is 5.02 Å². The van der Waals surface area contributed by atoms with Gasteiger partial charge in [0.1, 0.15) is 11.4 Å². The number of benzene rings is 1. The molecule has 0 bridgehead atoms. The molecular formula is C12H15ClFNO2. The van der Waals surface area contributed by atoms with Gasteiger partial charge in [0.25, 0.3) is 0 Å². The summed E-state index contributed by atoms with van der Waals surface area (Å²) in [6.45, 7) is 1.63. The summed E-state index contributed by atoms with van der Waals surface area (Å²) in [5, 5.41) is 13.5. The van der Waals surface area contributed by atoms with Crippen molar-refractivity contribution in [3.63, 3.8) is 0 Å². The highest BCUT2D eigenvalue weighted by Gasteiger charge is 2.31. The van der Waals surface area contributed by atoms with E-state index in [0.717, 1.165) is 0 Å². The molecule has 0 saturated carbocycles. The average Bonchev–Trinajstić information content (AvgIpc) is 2.71. The number of halogens is 2. The molecule has 0 amide bonds. The summed E-state index contributed by atoms with van der Waals surface area (Å²) in [4.78, 5) is 0. The fourth-order valence-electron chi connectivity index (χ4n) is 1.84. The van der Waals surface area contributed by atoms with E-state index < -0.39 is 5.60 Å². The molecule has 1 fully saturated rings. The molecule has 3 nitrogen and oxygen atoms in total. The second kappa shape index (κ2) is 5.31. The number of rotatable bonds is 4. The summed E-state index contributed by atoms with van der Waals surface area (Å²) < 4.78 is 18.5. The zero-order chi connectivity index (χ0) is 12.3. The molecule has 5 heteroatoms. The molecule has 0 radical (unpaired) electrons. The van der Waals surface area contributed by atoms with Crippen LogP contribution < -0.4 is 5.32 Å².